The fraction of sp³-hybridized carbons (Fsp3) is 0.259. The van der Waals surface area contributed by atoms with Crippen LogP contribution >= 0.6 is 46.2 Å². The summed E-state index contributed by atoms with van der Waals surface area (Å²) in [4.78, 5) is 16.9. The molecule has 0 spiro atoms. The number of hydrogen-bond donors (Lipinski definition) is 0. The normalized spacial score (nSPS) is 15.0. The second kappa shape index (κ2) is 12.1. The maximum Gasteiger partial charge on any atom is 0.446 e. The first kappa shape index (κ1) is 29.8. The molecule has 2 aromatic carbocycles. The van der Waals surface area contributed by atoms with E-state index in [9.17, 15) is 18.0 Å². The van der Waals surface area contributed by atoms with Crippen molar-refractivity contribution in [3.8, 4) is 0 Å². The van der Waals surface area contributed by atoms with Gasteiger partial charge in [0.05, 0.1) is 17.1 Å². The van der Waals surface area contributed by atoms with Crippen LogP contribution in [0.2, 0.25) is 0 Å². The predicted octanol–water partition coefficient (Wildman–Crippen LogP) is 2.64. The maximum absolute atomic E-state index is 13.5. The molecule has 1 aliphatic heterocycles. The number of anilines is 1. The molecule has 0 N–H and O–H groups in total. The third-order valence-corrected chi connectivity index (χ3v) is 10.4. The first-order valence-corrected chi connectivity index (χ1v) is 15.3. The molecule has 0 fully saturated rings. The van der Waals surface area contributed by atoms with Gasteiger partial charge in [-0.1, -0.05) is 54.3 Å². The summed E-state index contributed by atoms with van der Waals surface area (Å²) in [5.74, 6) is 0. The molecule has 12 heteroatoms. The van der Waals surface area contributed by atoms with Gasteiger partial charge in [0.15, 0.2) is 12.7 Å². The lowest BCUT2D eigenvalue weighted by molar-refractivity contribution is -0.685. The zero-order chi connectivity index (χ0) is 27.0. The summed E-state index contributed by atoms with van der Waals surface area (Å²) >= 11 is 4.47. The standard InChI is InChI=1S/C27H25F3N3OS4.ClH/c1-4-17-10-11-19-21(14-17)36-26(31(19)3)24-25(34)33(5-2)23(37-24)15-22-32(12-13-35-22)16-18-8-6-7-9-20(18)38-27(28,29)30;/h6-15H,4-5,16H2,1-3H3;1H/q+1;/p-1/b26-24+;. The minimum Gasteiger partial charge on any atom is -1.00 e. The number of thiazole rings is 2. The second-order valence-corrected chi connectivity index (χ2v) is 12.7. The molecule has 0 aliphatic carbocycles. The number of thioether (sulfide) groups is 2. The van der Waals surface area contributed by atoms with Gasteiger partial charge in [-0.2, -0.15) is 17.7 Å². The lowest BCUT2D eigenvalue weighted by Gasteiger charge is -2.12. The van der Waals surface area contributed by atoms with E-state index in [2.05, 4.69) is 30.0 Å². The molecule has 206 valence electrons. The topological polar surface area (TPSA) is 29.1 Å². The van der Waals surface area contributed by atoms with Crippen molar-refractivity contribution in [1.29, 1.82) is 0 Å². The number of fused-ring (bicyclic) bond motifs is 1. The van der Waals surface area contributed by atoms with Crippen molar-refractivity contribution in [1.82, 2.24) is 4.57 Å². The van der Waals surface area contributed by atoms with Crippen LogP contribution in [0.4, 0.5) is 18.9 Å². The van der Waals surface area contributed by atoms with E-state index in [-0.39, 0.29) is 34.6 Å². The third-order valence-electron chi connectivity index (χ3n) is 6.23. The van der Waals surface area contributed by atoms with E-state index >= 15 is 0 Å². The quantitative estimate of drug-likeness (QED) is 0.243. The highest BCUT2D eigenvalue weighted by molar-refractivity contribution is 8.08. The molecule has 0 atom stereocenters. The van der Waals surface area contributed by atoms with Crippen molar-refractivity contribution in [2.24, 2.45) is 0 Å². The average molecular weight is 628 g/mol. The molecule has 0 saturated carbocycles. The van der Waals surface area contributed by atoms with Crippen LogP contribution in [0.5, 0.6) is 0 Å². The van der Waals surface area contributed by atoms with Gasteiger partial charge >= 0.3 is 5.51 Å². The number of aromatic nitrogens is 2. The minimum atomic E-state index is -4.35. The van der Waals surface area contributed by atoms with Crippen LogP contribution in [0, 0.1) is 0 Å². The smallest absolute Gasteiger partial charge is 0.446 e. The van der Waals surface area contributed by atoms with Crippen molar-refractivity contribution in [2.75, 3.05) is 11.9 Å². The highest BCUT2D eigenvalue weighted by atomic mass is 35.5. The molecule has 5 rings (SSSR count). The summed E-state index contributed by atoms with van der Waals surface area (Å²) < 4.78 is 44.4. The van der Waals surface area contributed by atoms with Gasteiger partial charge in [0.1, 0.15) is 14.2 Å². The number of aryl methyl sites for hydroxylation is 1. The highest BCUT2D eigenvalue weighted by Gasteiger charge is 2.31. The van der Waals surface area contributed by atoms with Gasteiger partial charge in [-0.3, -0.25) is 9.36 Å². The van der Waals surface area contributed by atoms with E-state index in [0.717, 1.165) is 31.7 Å². The molecule has 4 nitrogen and oxygen atoms in total. The summed E-state index contributed by atoms with van der Waals surface area (Å²) in [5, 5.41) is 3.69. The van der Waals surface area contributed by atoms with Crippen LogP contribution in [0.25, 0.3) is 11.1 Å². The lowest BCUT2D eigenvalue weighted by Crippen LogP contribution is -3.00. The lowest BCUT2D eigenvalue weighted by atomic mass is 10.1. The number of rotatable bonds is 6. The molecular weight excluding hydrogens is 603 g/mol. The van der Waals surface area contributed by atoms with Gasteiger partial charge in [0.25, 0.3) is 10.6 Å². The second-order valence-electron chi connectivity index (χ2n) is 8.61. The van der Waals surface area contributed by atoms with Gasteiger partial charge in [0, 0.05) is 28.9 Å². The fourth-order valence-corrected chi connectivity index (χ4v) is 8.34. The van der Waals surface area contributed by atoms with E-state index < -0.39 is 5.51 Å². The van der Waals surface area contributed by atoms with Crippen LogP contribution < -0.4 is 36.6 Å². The zero-order valence-corrected chi connectivity index (χ0v) is 25.3. The predicted molar refractivity (Wildman–Crippen MR) is 153 cm³/mol. The average Bonchev–Trinajstić information content (AvgIpc) is 3.54. The van der Waals surface area contributed by atoms with E-state index in [1.54, 1.807) is 34.5 Å². The number of benzene rings is 2. The van der Waals surface area contributed by atoms with Crippen molar-refractivity contribution >= 4 is 63.0 Å². The van der Waals surface area contributed by atoms with Crippen LogP contribution in [0.1, 0.15) is 30.0 Å². The Hall–Kier alpha value is -2.18. The number of nitrogens with zero attached hydrogens (tertiary/aromatic N) is 3. The van der Waals surface area contributed by atoms with Crippen molar-refractivity contribution in [3.05, 3.63) is 89.7 Å². The van der Waals surface area contributed by atoms with Crippen molar-refractivity contribution < 1.29 is 30.1 Å². The van der Waals surface area contributed by atoms with Crippen molar-refractivity contribution in [2.45, 2.75) is 48.7 Å². The Morgan fingerprint density at radius 2 is 1.90 bits per heavy atom. The van der Waals surface area contributed by atoms with Crippen molar-refractivity contribution in [3.63, 3.8) is 0 Å². The molecule has 4 aromatic rings. The summed E-state index contributed by atoms with van der Waals surface area (Å²) in [6.07, 6.45) is 4.78. The van der Waals surface area contributed by atoms with Crippen LogP contribution in [0.3, 0.4) is 0 Å². The van der Waals surface area contributed by atoms with Gasteiger partial charge in [0.2, 0.25) is 0 Å². The summed E-state index contributed by atoms with van der Waals surface area (Å²) in [6.45, 7) is 4.89. The number of hydrogen-bond acceptors (Lipinski definition) is 6. The minimum absolute atomic E-state index is 0. The largest absolute Gasteiger partial charge is 1.00 e. The Morgan fingerprint density at radius 1 is 1.13 bits per heavy atom. The molecular formula is C27H25ClF3N3OS4. The Balaban J connectivity index is 0.00000353. The Morgan fingerprint density at radius 3 is 2.62 bits per heavy atom. The molecule has 1 aliphatic rings. The maximum atomic E-state index is 13.5. The summed E-state index contributed by atoms with van der Waals surface area (Å²) in [7, 11) is 1.99. The number of alkyl halides is 3. The van der Waals surface area contributed by atoms with Crippen LogP contribution in [-0.4, -0.2) is 17.1 Å². The van der Waals surface area contributed by atoms with Gasteiger partial charge in [-0.05, 0) is 48.9 Å². The Labute approximate surface area is 246 Å². The monoisotopic (exact) mass is 627 g/mol. The number of halogens is 4. The van der Waals surface area contributed by atoms with Crippen LogP contribution in [-0.2, 0) is 19.5 Å². The molecule has 39 heavy (non-hydrogen) atoms. The van der Waals surface area contributed by atoms with E-state index in [1.165, 1.54) is 34.3 Å². The molecule has 3 heterocycles. The van der Waals surface area contributed by atoms with Gasteiger partial charge in [-0.15, -0.1) is 11.3 Å². The van der Waals surface area contributed by atoms with E-state index in [4.69, 9.17) is 0 Å². The summed E-state index contributed by atoms with van der Waals surface area (Å²) in [5.41, 5.74) is -1.44. The first-order valence-electron chi connectivity index (χ1n) is 12.0. The fourth-order valence-electron chi connectivity index (χ4n) is 4.30. The third kappa shape index (κ3) is 6.27. The van der Waals surface area contributed by atoms with Gasteiger partial charge in [-0.25, -0.2) is 0 Å². The Bertz CT molecular complexity index is 1680. The van der Waals surface area contributed by atoms with E-state index in [1.807, 2.05) is 36.2 Å². The molecule has 0 saturated heterocycles. The molecule has 0 radical (unpaired) electrons. The molecule has 2 aromatic heterocycles. The highest BCUT2D eigenvalue weighted by Crippen LogP contribution is 2.45. The van der Waals surface area contributed by atoms with Gasteiger partial charge < -0.3 is 17.3 Å². The molecule has 0 unspecified atom stereocenters. The molecule has 0 bridgehead atoms. The first-order chi connectivity index (χ1) is 18.2. The SMILES string of the molecule is CCc1ccc2c(c1)S/C(=c1/s/c(=C\c3scc[n+]3Cc3ccccc3SC(F)(F)F)n(CC)c1=O)N2C.[Cl-]. The molecule has 0 amide bonds. The zero-order valence-electron chi connectivity index (χ0n) is 21.3. The van der Waals surface area contributed by atoms with E-state index in [0.29, 0.717) is 23.2 Å². The van der Waals surface area contributed by atoms with Crippen LogP contribution in [0.15, 0.2) is 68.6 Å². The Kier molecular flexibility index (Phi) is 9.27. The summed E-state index contributed by atoms with van der Waals surface area (Å²) in [6, 6.07) is 13.0.